The van der Waals surface area contributed by atoms with Gasteiger partial charge in [0.05, 0.1) is 12.2 Å². The Hall–Kier alpha value is -0.160. The van der Waals surface area contributed by atoms with Crippen LogP contribution >= 0.6 is 0 Å². The lowest BCUT2D eigenvalue weighted by Crippen LogP contribution is -2.55. The van der Waals surface area contributed by atoms with E-state index in [0.29, 0.717) is 13.1 Å². The summed E-state index contributed by atoms with van der Waals surface area (Å²) in [6.07, 6.45) is -2.59. The summed E-state index contributed by atoms with van der Waals surface area (Å²) in [6.45, 7) is 3.65. The van der Waals surface area contributed by atoms with Crippen molar-refractivity contribution in [3.8, 4) is 0 Å². The van der Waals surface area contributed by atoms with Crippen LogP contribution < -0.4 is 0 Å². The van der Waals surface area contributed by atoms with Gasteiger partial charge >= 0.3 is 0 Å². The van der Waals surface area contributed by atoms with Gasteiger partial charge in [0.25, 0.3) is 0 Å². The molecule has 3 N–H and O–H groups in total. The van der Waals surface area contributed by atoms with Crippen molar-refractivity contribution in [1.29, 1.82) is 0 Å². The highest BCUT2D eigenvalue weighted by Crippen LogP contribution is 2.10. The van der Waals surface area contributed by atoms with Gasteiger partial charge in [-0.15, -0.1) is 0 Å². The third-order valence-corrected chi connectivity index (χ3v) is 2.13. The fourth-order valence-electron chi connectivity index (χ4n) is 1.33. The van der Waals surface area contributed by atoms with Gasteiger partial charge in [0.15, 0.2) is 0 Å². The molecular weight excluding hydrogens is 146 g/mol. The van der Waals surface area contributed by atoms with Crippen molar-refractivity contribution in [1.82, 2.24) is 4.90 Å². The first kappa shape index (κ1) is 8.93. The van der Waals surface area contributed by atoms with Crippen molar-refractivity contribution in [2.75, 3.05) is 19.6 Å². The smallest absolute Gasteiger partial charge is 0.108 e. The van der Waals surface area contributed by atoms with E-state index in [1.54, 1.807) is 0 Å². The quantitative estimate of drug-likeness (QED) is 0.433. The predicted octanol–water partition coefficient (Wildman–Crippen LogP) is -1.60. The maximum atomic E-state index is 9.20. The van der Waals surface area contributed by atoms with Gasteiger partial charge in [-0.25, -0.2) is 0 Å². The second-order valence-corrected chi connectivity index (χ2v) is 2.98. The molecule has 1 heterocycles. The number of nitrogens with zero attached hydrogens (tertiary/aromatic N) is 1. The summed E-state index contributed by atoms with van der Waals surface area (Å²) >= 11 is 0. The van der Waals surface area contributed by atoms with Gasteiger partial charge in [-0.3, -0.25) is 4.90 Å². The van der Waals surface area contributed by atoms with Gasteiger partial charge in [-0.2, -0.15) is 0 Å². The maximum absolute atomic E-state index is 9.20. The molecule has 1 fully saturated rings. The molecule has 2 unspecified atom stereocenters. The SMILES string of the molecule is CCN1CC(O)C(O)C(O)C1. The van der Waals surface area contributed by atoms with Crippen LogP contribution in [-0.2, 0) is 0 Å². The number of aliphatic hydroxyl groups excluding tert-OH is 3. The van der Waals surface area contributed by atoms with Crippen molar-refractivity contribution < 1.29 is 15.3 Å². The van der Waals surface area contributed by atoms with Crippen molar-refractivity contribution in [3.05, 3.63) is 0 Å². The molecule has 1 aliphatic rings. The van der Waals surface area contributed by atoms with Gasteiger partial charge in [0.1, 0.15) is 6.10 Å². The van der Waals surface area contributed by atoms with Gasteiger partial charge in [0.2, 0.25) is 0 Å². The second-order valence-electron chi connectivity index (χ2n) is 2.98. The molecule has 0 aromatic carbocycles. The van der Waals surface area contributed by atoms with E-state index in [9.17, 15) is 10.2 Å². The van der Waals surface area contributed by atoms with Crippen molar-refractivity contribution >= 4 is 0 Å². The van der Waals surface area contributed by atoms with E-state index in [4.69, 9.17) is 5.11 Å². The molecule has 0 aliphatic carbocycles. The van der Waals surface area contributed by atoms with E-state index in [1.807, 2.05) is 11.8 Å². The topological polar surface area (TPSA) is 63.9 Å². The number of likely N-dealkylation sites (N-methyl/N-ethyl adjacent to an activating group) is 1. The van der Waals surface area contributed by atoms with Gasteiger partial charge in [-0.05, 0) is 6.54 Å². The lowest BCUT2D eigenvalue weighted by molar-refractivity contribution is -0.108. The maximum Gasteiger partial charge on any atom is 0.108 e. The number of hydrogen-bond donors (Lipinski definition) is 3. The number of piperidine rings is 1. The van der Waals surface area contributed by atoms with Crippen LogP contribution in [0, 0.1) is 0 Å². The Bertz CT molecular complexity index is 119. The fourth-order valence-corrected chi connectivity index (χ4v) is 1.33. The van der Waals surface area contributed by atoms with Crippen LogP contribution in [0.3, 0.4) is 0 Å². The Labute approximate surface area is 66.1 Å². The van der Waals surface area contributed by atoms with E-state index in [2.05, 4.69) is 0 Å². The minimum Gasteiger partial charge on any atom is -0.389 e. The summed E-state index contributed by atoms with van der Waals surface area (Å²) < 4.78 is 0. The van der Waals surface area contributed by atoms with Crippen molar-refractivity contribution in [2.45, 2.75) is 25.2 Å². The zero-order chi connectivity index (χ0) is 8.43. The molecule has 0 aromatic rings. The molecule has 4 nitrogen and oxygen atoms in total. The van der Waals surface area contributed by atoms with E-state index < -0.39 is 18.3 Å². The largest absolute Gasteiger partial charge is 0.389 e. The number of rotatable bonds is 1. The molecule has 4 heteroatoms. The molecule has 0 bridgehead atoms. The number of β-amino-alcohol motifs (C(OH)–C–C–N with tert-alkyl or cyclic N) is 2. The molecule has 1 rings (SSSR count). The average Bonchev–Trinajstić information content (AvgIpc) is 1.99. The molecule has 0 radical (unpaired) electrons. The molecule has 0 saturated carbocycles. The molecule has 0 spiro atoms. The number of aliphatic hydroxyl groups is 3. The van der Waals surface area contributed by atoms with Crippen molar-refractivity contribution in [2.24, 2.45) is 0 Å². The predicted molar refractivity (Wildman–Crippen MR) is 40.1 cm³/mol. The molecule has 0 amide bonds. The lowest BCUT2D eigenvalue weighted by atomic mass is 10.0. The minimum atomic E-state index is -0.974. The third kappa shape index (κ3) is 1.90. The highest BCUT2D eigenvalue weighted by atomic mass is 16.4. The van der Waals surface area contributed by atoms with Crippen LogP contribution in [0.15, 0.2) is 0 Å². The molecule has 1 saturated heterocycles. The summed E-state index contributed by atoms with van der Waals surface area (Å²) in [5.41, 5.74) is 0. The highest BCUT2D eigenvalue weighted by Gasteiger charge is 2.32. The molecule has 11 heavy (non-hydrogen) atoms. The van der Waals surface area contributed by atoms with Gasteiger partial charge < -0.3 is 15.3 Å². The first-order chi connectivity index (χ1) is 5.15. The van der Waals surface area contributed by atoms with Gasteiger partial charge in [-0.1, -0.05) is 6.92 Å². The van der Waals surface area contributed by atoms with E-state index in [-0.39, 0.29) is 0 Å². The van der Waals surface area contributed by atoms with Crippen LogP contribution in [0.4, 0.5) is 0 Å². The number of hydrogen-bond acceptors (Lipinski definition) is 4. The van der Waals surface area contributed by atoms with Gasteiger partial charge in [0, 0.05) is 13.1 Å². The normalized spacial score (nSPS) is 40.9. The Kier molecular flexibility index (Phi) is 2.84. The fraction of sp³-hybridized carbons (Fsp3) is 1.00. The Morgan fingerprint density at radius 2 is 1.64 bits per heavy atom. The zero-order valence-electron chi connectivity index (χ0n) is 6.64. The van der Waals surface area contributed by atoms with Crippen molar-refractivity contribution in [3.63, 3.8) is 0 Å². The van der Waals surface area contributed by atoms with Crippen LogP contribution in [-0.4, -0.2) is 58.2 Å². The minimum absolute atomic E-state index is 0.453. The van der Waals surface area contributed by atoms with Crippen LogP contribution in [0.2, 0.25) is 0 Å². The molecule has 1 aliphatic heterocycles. The van der Waals surface area contributed by atoms with Crippen LogP contribution in [0.1, 0.15) is 6.92 Å². The summed E-state index contributed by atoms with van der Waals surface area (Å²) in [4.78, 5) is 1.90. The summed E-state index contributed by atoms with van der Waals surface area (Å²) in [5.74, 6) is 0. The molecule has 0 aromatic heterocycles. The summed E-state index contributed by atoms with van der Waals surface area (Å²) in [5, 5.41) is 27.5. The van der Waals surface area contributed by atoms with E-state index in [0.717, 1.165) is 6.54 Å². The number of likely N-dealkylation sites (tertiary alicyclic amines) is 1. The standard InChI is InChI=1S/C7H15NO3/c1-2-8-3-5(9)7(11)6(10)4-8/h5-7,9-11H,2-4H2,1H3. The second kappa shape index (κ2) is 3.49. The Balaban J connectivity index is 2.47. The summed E-state index contributed by atoms with van der Waals surface area (Å²) in [7, 11) is 0. The summed E-state index contributed by atoms with van der Waals surface area (Å²) in [6, 6.07) is 0. The first-order valence-electron chi connectivity index (χ1n) is 3.91. The van der Waals surface area contributed by atoms with Crippen LogP contribution in [0.5, 0.6) is 0 Å². The Morgan fingerprint density at radius 1 is 1.18 bits per heavy atom. The Morgan fingerprint density at radius 3 is 2.00 bits per heavy atom. The van der Waals surface area contributed by atoms with E-state index >= 15 is 0 Å². The molecular formula is C7H15NO3. The van der Waals surface area contributed by atoms with E-state index in [1.165, 1.54) is 0 Å². The monoisotopic (exact) mass is 161 g/mol. The van der Waals surface area contributed by atoms with Crippen LogP contribution in [0.25, 0.3) is 0 Å². The zero-order valence-corrected chi connectivity index (χ0v) is 6.64. The first-order valence-corrected chi connectivity index (χ1v) is 3.91. The molecule has 66 valence electrons. The molecule has 2 atom stereocenters. The highest BCUT2D eigenvalue weighted by molar-refractivity contribution is 4.85. The third-order valence-electron chi connectivity index (χ3n) is 2.13. The average molecular weight is 161 g/mol. The lowest BCUT2D eigenvalue weighted by Gasteiger charge is -2.36.